The van der Waals surface area contributed by atoms with Crippen LogP contribution in [0.15, 0.2) is 23.0 Å². The summed E-state index contributed by atoms with van der Waals surface area (Å²) in [6, 6.07) is 0.361. The SMILES string of the molecule is CC(=O)c1cc(N(C)C)c2c(c1O)C(O)=C1C(=O)[C@@]3(O)C(O)=C(C(N)=O)C(=O)[C@H](N(C)C)[C@H]3C[C@H]1C2. The smallest absolute Gasteiger partial charge is 0.255 e. The Hall–Kier alpha value is -3.70. The summed E-state index contributed by atoms with van der Waals surface area (Å²) in [7, 11) is 6.54. The number of rotatable bonds is 4. The number of hydrogen-bond acceptors (Lipinski definition) is 10. The lowest BCUT2D eigenvalue weighted by molar-refractivity contribution is -0.153. The summed E-state index contributed by atoms with van der Waals surface area (Å²) in [4.78, 5) is 54.3. The predicted octanol–water partition coefficient (Wildman–Crippen LogP) is 0.233. The number of nitrogens with two attached hydrogens (primary N) is 1. The zero-order valence-electron chi connectivity index (χ0n) is 20.6. The highest BCUT2D eigenvalue weighted by Gasteiger charge is 2.64. The second-order valence-electron chi connectivity index (χ2n) is 10.1. The molecule has 11 nitrogen and oxygen atoms in total. The number of nitrogens with zero attached hydrogens (tertiary/aromatic N) is 2. The normalized spacial score (nSPS) is 27.6. The van der Waals surface area contributed by atoms with E-state index in [1.807, 2.05) is 0 Å². The fourth-order valence-corrected chi connectivity index (χ4v) is 5.96. The average Bonchev–Trinajstić information content (AvgIpc) is 2.75. The molecule has 0 bridgehead atoms. The molecule has 1 fully saturated rings. The molecule has 3 aliphatic rings. The van der Waals surface area contributed by atoms with E-state index in [0.717, 1.165) is 0 Å². The number of primary amides is 1. The molecule has 1 aromatic rings. The fourth-order valence-electron chi connectivity index (χ4n) is 5.96. The van der Waals surface area contributed by atoms with Gasteiger partial charge in [-0.15, -0.1) is 0 Å². The van der Waals surface area contributed by atoms with E-state index in [4.69, 9.17) is 5.73 Å². The molecule has 1 aromatic carbocycles. The van der Waals surface area contributed by atoms with Crippen molar-refractivity contribution in [2.24, 2.45) is 17.6 Å². The minimum Gasteiger partial charge on any atom is -0.508 e. The highest BCUT2D eigenvalue weighted by molar-refractivity contribution is 6.24. The second kappa shape index (κ2) is 8.17. The van der Waals surface area contributed by atoms with Gasteiger partial charge in [-0.3, -0.25) is 24.1 Å². The summed E-state index contributed by atoms with van der Waals surface area (Å²) >= 11 is 0. The third-order valence-electron chi connectivity index (χ3n) is 7.56. The molecule has 4 atom stereocenters. The number of amides is 1. The molecule has 36 heavy (non-hydrogen) atoms. The van der Waals surface area contributed by atoms with Crippen molar-refractivity contribution >= 4 is 34.7 Å². The number of fused-ring (bicyclic) bond motifs is 3. The summed E-state index contributed by atoms with van der Waals surface area (Å²) < 4.78 is 0. The first kappa shape index (κ1) is 25.4. The van der Waals surface area contributed by atoms with E-state index in [1.165, 1.54) is 17.9 Å². The van der Waals surface area contributed by atoms with Gasteiger partial charge in [0.05, 0.1) is 17.2 Å². The molecule has 1 amide bonds. The lowest BCUT2D eigenvalue weighted by atomic mass is 9.57. The molecule has 0 aliphatic heterocycles. The molecule has 192 valence electrons. The molecule has 0 saturated heterocycles. The maximum atomic E-state index is 13.8. The van der Waals surface area contributed by atoms with Crippen LogP contribution in [0.3, 0.4) is 0 Å². The van der Waals surface area contributed by atoms with E-state index in [1.54, 1.807) is 33.1 Å². The predicted molar refractivity (Wildman–Crippen MR) is 129 cm³/mol. The molecule has 4 rings (SSSR count). The van der Waals surface area contributed by atoms with Crippen molar-refractivity contribution in [3.05, 3.63) is 39.7 Å². The standard InChI is InChI=1S/C25H29N3O8/c1-9(29)11-8-14(27(2)3)12-6-10-7-13-18(28(4)5)21(32)17(24(26)35)23(34)25(13,36)22(33)15(10)20(31)16(12)19(11)30/h8,10,13,18,30-31,34,36H,6-7H2,1-5H3,(H2,26,35)/t10-,13-,18-,25-/m1/s1. The molecule has 1 saturated carbocycles. The van der Waals surface area contributed by atoms with Crippen molar-refractivity contribution in [2.45, 2.75) is 31.4 Å². The molecule has 0 aromatic heterocycles. The maximum absolute atomic E-state index is 13.8. The van der Waals surface area contributed by atoms with E-state index in [-0.39, 0.29) is 29.5 Å². The third kappa shape index (κ3) is 3.19. The monoisotopic (exact) mass is 499 g/mol. The number of hydrogen-bond donors (Lipinski definition) is 5. The minimum absolute atomic E-state index is 0.00610. The Balaban J connectivity index is 2.03. The van der Waals surface area contributed by atoms with Gasteiger partial charge in [0, 0.05) is 31.3 Å². The van der Waals surface area contributed by atoms with Crippen LogP contribution in [0.2, 0.25) is 0 Å². The van der Waals surface area contributed by atoms with Crippen molar-refractivity contribution in [1.29, 1.82) is 0 Å². The van der Waals surface area contributed by atoms with Crippen molar-refractivity contribution in [3.63, 3.8) is 0 Å². The number of phenolic OH excluding ortho intramolecular Hbond substituents is 1. The number of Topliss-reactive ketones (excluding diaryl/α,β-unsaturated/α-hetero) is 3. The van der Waals surface area contributed by atoms with Crippen molar-refractivity contribution in [3.8, 4) is 5.75 Å². The number of anilines is 1. The Morgan fingerprint density at radius 1 is 1.11 bits per heavy atom. The highest BCUT2D eigenvalue weighted by Crippen LogP contribution is 2.54. The maximum Gasteiger partial charge on any atom is 0.255 e. The summed E-state index contributed by atoms with van der Waals surface area (Å²) in [6.45, 7) is 1.25. The summed E-state index contributed by atoms with van der Waals surface area (Å²) in [5.74, 6) is -7.77. The largest absolute Gasteiger partial charge is 0.508 e. The van der Waals surface area contributed by atoms with Gasteiger partial charge in [-0.05, 0) is 51.4 Å². The van der Waals surface area contributed by atoms with Gasteiger partial charge in [0.1, 0.15) is 22.8 Å². The average molecular weight is 500 g/mol. The Morgan fingerprint density at radius 2 is 1.72 bits per heavy atom. The van der Waals surface area contributed by atoms with Crippen LogP contribution in [0.1, 0.15) is 34.8 Å². The Labute approximate surface area is 207 Å². The van der Waals surface area contributed by atoms with E-state index >= 15 is 0 Å². The van der Waals surface area contributed by atoms with Gasteiger partial charge in [-0.2, -0.15) is 0 Å². The van der Waals surface area contributed by atoms with Crippen LogP contribution in [0.5, 0.6) is 5.75 Å². The first-order chi connectivity index (χ1) is 16.7. The molecule has 11 heteroatoms. The lowest BCUT2D eigenvalue weighted by Gasteiger charge is -2.50. The van der Waals surface area contributed by atoms with E-state index in [2.05, 4.69) is 0 Å². The lowest BCUT2D eigenvalue weighted by Crippen LogP contribution is -2.65. The molecule has 0 spiro atoms. The van der Waals surface area contributed by atoms with Gasteiger partial charge in [0.15, 0.2) is 17.2 Å². The number of carbonyl (C=O) groups is 4. The second-order valence-corrected chi connectivity index (χ2v) is 10.1. The highest BCUT2D eigenvalue weighted by atomic mass is 16.3. The first-order valence-corrected chi connectivity index (χ1v) is 11.4. The minimum atomic E-state index is -2.71. The molecule has 0 unspecified atom stereocenters. The molecule has 3 aliphatic carbocycles. The zero-order valence-corrected chi connectivity index (χ0v) is 20.6. The fraction of sp³-hybridized carbons (Fsp3) is 0.440. The van der Waals surface area contributed by atoms with Gasteiger partial charge in [-0.1, -0.05) is 0 Å². The number of likely N-dealkylation sites (N-methyl/N-ethyl adjacent to an activating group) is 1. The van der Waals surface area contributed by atoms with Gasteiger partial charge in [-0.25, -0.2) is 0 Å². The summed E-state index contributed by atoms with van der Waals surface area (Å²) in [5.41, 5.74) is 2.36. The van der Waals surface area contributed by atoms with Crippen molar-refractivity contribution < 1.29 is 39.6 Å². The zero-order chi connectivity index (χ0) is 27.0. The third-order valence-corrected chi connectivity index (χ3v) is 7.56. The summed E-state index contributed by atoms with van der Waals surface area (Å²) in [6.07, 6.45) is 0.141. The molecular weight excluding hydrogens is 470 g/mol. The van der Waals surface area contributed by atoms with Crippen LogP contribution < -0.4 is 10.6 Å². The van der Waals surface area contributed by atoms with Crippen LogP contribution in [-0.4, -0.2) is 88.4 Å². The van der Waals surface area contributed by atoms with Gasteiger partial charge >= 0.3 is 0 Å². The Morgan fingerprint density at radius 3 is 2.22 bits per heavy atom. The van der Waals surface area contributed by atoms with E-state index in [0.29, 0.717) is 11.3 Å². The number of phenols is 1. The van der Waals surface area contributed by atoms with E-state index in [9.17, 15) is 39.6 Å². The van der Waals surface area contributed by atoms with Gasteiger partial charge < -0.3 is 31.1 Å². The first-order valence-electron chi connectivity index (χ1n) is 11.4. The topological polar surface area (TPSA) is 182 Å². The Kier molecular flexibility index (Phi) is 5.76. The molecule has 0 radical (unpaired) electrons. The molecule has 0 heterocycles. The molecular formula is C25H29N3O8. The summed E-state index contributed by atoms with van der Waals surface area (Å²) in [5, 5.41) is 44.7. The van der Waals surface area contributed by atoms with Crippen LogP contribution in [0, 0.1) is 11.8 Å². The van der Waals surface area contributed by atoms with Crippen molar-refractivity contribution in [1.82, 2.24) is 4.90 Å². The molecule has 6 N–H and O–H groups in total. The van der Waals surface area contributed by atoms with Crippen molar-refractivity contribution in [2.75, 3.05) is 33.1 Å². The quantitative estimate of drug-likeness (QED) is 0.284. The van der Waals surface area contributed by atoms with Gasteiger partial charge in [0.25, 0.3) is 5.91 Å². The van der Waals surface area contributed by atoms with Crippen LogP contribution >= 0.6 is 0 Å². The van der Waals surface area contributed by atoms with Gasteiger partial charge in [0.2, 0.25) is 5.78 Å². The number of aromatic hydroxyl groups is 1. The number of ketones is 3. The number of aliphatic hydroxyl groups excluding tert-OH is 2. The van der Waals surface area contributed by atoms with Crippen LogP contribution in [0.4, 0.5) is 5.69 Å². The number of benzene rings is 1. The number of aliphatic hydroxyl groups is 3. The number of carbonyl (C=O) groups excluding carboxylic acids is 4. The van der Waals surface area contributed by atoms with Crippen LogP contribution in [0.25, 0.3) is 5.76 Å². The van der Waals surface area contributed by atoms with E-state index < -0.39 is 69.6 Å². The van der Waals surface area contributed by atoms with Crippen LogP contribution in [-0.2, 0) is 20.8 Å². The Bertz CT molecular complexity index is 1310.